The van der Waals surface area contributed by atoms with E-state index in [1.165, 1.54) is 6.42 Å². The molecule has 3 atom stereocenters. The van der Waals surface area contributed by atoms with E-state index in [0.717, 1.165) is 12.8 Å². The van der Waals surface area contributed by atoms with Crippen molar-refractivity contribution in [1.29, 1.82) is 0 Å². The van der Waals surface area contributed by atoms with Crippen LogP contribution in [0.2, 0.25) is 0 Å². The molecule has 1 aromatic rings. The number of nitrogens with two attached hydrogens (primary N) is 1. The minimum absolute atomic E-state index is 0. The molecule has 2 rings (SSSR count). The van der Waals surface area contributed by atoms with Crippen molar-refractivity contribution in [3.63, 3.8) is 0 Å². The van der Waals surface area contributed by atoms with Crippen LogP contribution in [0.4, 0.5) is 5.69 Å². The Morgan fingerprint density at radius 1 is 1.28 bits per heavy atom. The number of para-hydroxylation sites is 1. The summed E-state index contributed by atoms with van der Waals surface area (Å²) in [6.45, 7) is 6.43. The van der Waals surface area contributed by atoms with Crippen LogP contribution in [0.25, 0.3) is 0 Å². The van der Waals surface area contributed by atoms with Gasteiger partial charge in [0.15, 0.2) is 0 Å². The van der Waals surface area contributed by atoms with Gasteiger partial charge in [0.2, 0.25) is 5.91 Å². The van der Waals surface area contributed by atoms with Gasteiger partial charge >= 0.3 is 5.97 Å². The minimum Gasteiger partial charge on any atom is -0.458 e. The van der Waals surface area contributed by atoms with Gasteiger partial charge in [0.05, 0.1) is 17.8 Å². The second kappa shape index (κ2) is 9.78. The molecule has 6 heteroatoms. The summed E-state index contributed by atoms with van der Waals surface area (Å²) < 4.78 is 5.86. The maximum Gasteiger partial charge on any atom is 0.340 e. The van der Waals surface area contributed by atoms with Crippen molar-refractivity contribution in [2.24, 2.45) is 23.5 Å². The number of esters is 1. The predicted octanol–water partition coefficient (Wildman–Crippen LogP) is 3.62. The molecule has 0 bridgehead atoms. The maximum atomic E-state index is 12.7. The van der Waals surface area contributed by atoms with E-state index in [1.807, 2.05) is 0 Å². The Morgan fingerprint density at radius 2 is 1.96 bits per heavy atom. The molecule has 140 valence electrons. The van der Waals surface area contributed by atoms with Gasteiger partial charge in [0.25, 0.3) is 0 Å². The van der Waals surface area contributed by atoms with Gasteiger partial charge in [-0.1, -0.05) is 39.3 Å². The highest BCUT2D eigenvalue weighted by Crippen LogP contribution is 2.36. The van der Waals surface area contributed by atoms with E-state index in [9.17, 15) is 9.59 Å². The molecule has 1 fully saturated rings. The monoisotopic (exact) mass is 368 g/mol. The Morgan fingerprint density at radius 3 is 2.60 bits per heavy atom. The molecule has 0 saturated heterocycles. The molecule has 0 aliphatic heterocycles. The van der Waals surface area contributed by atoms with Gasteiger partial charge < -0.3 is 15.8 Å². The number of anilines is 1. The van der Waals surface area contributed by atoms with Crippen LogP contribution in [0.1, 0.15) is 50.4 Å². The van der Waals surface area contributed by atoms with Crippen LogP contribution in [0.5, 0.6) is 0 Å². The number of ether oxygens (including phenoxy) is 1. The highest BCUT2D eigenvalue weighted by Gasteiger charge is 2.34. The average molecular weight is 369 g/mol. The standard InChI is InChI=1S/C19H28N2O3.ClH/c1-12(2)14-9-8-13(3)10-17(14)24-19(23)15-6-4-5-7-16(15)21-18(22)11-20;/h4-7,12-14,17H,8-11,20H2,1-3H3,(H,21,22);1H/t13-,14+,17+;/m1./s1. The van der Waals surface area contributed by atoms with Gasteiger partial charge in [0, 0.05) is 0 Å². The van der Waals surface area contributed by atoms with Gasteiger partial charge in [-0.25, -0.2) is 4.79 Å². The van der Waals surface area contributed by atoms with Gasteiger partial charge in [-0.3, -0.25) is 4.79 Å². The summed E-state index contributed by atoms with van der Waals surface area (Å²) in [5.74, 6) is 0.706. The number of benzene rings is 1. The van der Waals surface area contributed by atoms with E-state index in [-0.39, 0.29) is 36.9 Å². The molecule has 1 saturated carbocycles. The lowest BCUT2D eigenvalue weighted by atomic mass is 9.75. The van der Waals surface area contributed by atoms with Gasteiger partial charge in [-0.05, 0) is 42.7 Å². The number of hydrogen-bond donors (Lipinski definition) is 2. The highest BCUT2D eigenvalue weighted by atomic mass is 35.5. The fraction of sp³-hybridized carbons (Fsp3) is 0.579. The van der Waals surface area contributed by atoms with Crippen LogP contribution in [0.3, 0.4) is 0 Å². The van der Waals surface area contributed by atoms with Crippen LogP contribution in [0, 0.1) is 17.8 Å². The topological polar surface area (TPSA) is 81.4 Å². The Hall–Kier alpha value is -1.59. The van der Waals surface area contributed by atoms with E-state index in [0.29, 0.717) is 29.0 Å². The Bertz CT molecular complexity index is 592. The second-order valence-electron chi connectivity index (χ2n) is 7.07. The lowest BCUT2D eigenvalue weighted by Gasteiger charge is -2.36. The maximum absolute atomic E-state index is 12.7. The van der Waals surface area contributed by atoms with Crippen molar-refractivity contribution >= 4 is 30.0 Å². The van der Waals surface area contributed by atoms with E-state index >= 15 is 0 Å². The Kier molecular flexibility index (Phi) is 8.39. The molecule has 1 aliphatic rings. The number of rotatable bonds is 5. The summed E-state index contributed by atoms with van der Waals surface area (Å²) in [5.41, 5.74) is 6.16. The molecular formula is C19H29ClN2O3. The molecule has 1 aromatic carbocycles. The third kappa shape index (κ3) is 5.72. The van der Waals surface area contributed by atoms with Gasteiger partial charge in [-0.2, -0.15) is 0 Å². The average Bonchev–Trinajstić information content (AvgIpc) is 2.54. The zero-order chi connectivity index (χ0) is 17.7. The Labute approximate surface area is 156 Å². The van der Waals surface area contributed by atoms with Crippen LogP contribution in [-0.4, -0.2) is 24.5 Å². The van der Waals surface area contributed by atoms with Crippen molar-refractivity contribution in [3.8, 4) is 0 Å². The molecule has 3 N–H and O–H groups in total. The smallest absolute Gasteiger partial charge is 0.340 e. The van der Waals surface area contributed by atoms with E-state index in [1.54, 1.807) is 24.3 Å². The lowest BCUT2D eigenvalue weighted by Crippen LogP contribution is -2.36. The largest absolute Gasteiger partial charge is 0.458 e. The van der Waals surface area contributed by atoms with Crippen LogP contribution in [-0.2, 0) is 9.53 Å². The zero-order valence-electron chi connectivity index (χ0n) is 15.2. The predicted molar refractivity (Wildman–Crippen MR) is 102 cm³/mol. The molecule has 0 radical (unpaired) electrons. The first kappa shape index (κ1) is 21.5. The molecule has 0 aromatic heterocycles. The lowest BCUT2D eigenvalue weighted by molar-refractivity contribution is -0.114. The summed E-state index contributed by atoms with van der Waals surface area (Å²) in [4.78, 5) is 24.2. The van der Waals surface area contributed by atoms with Crippen molar-refractivity contribution in [1.82, 2.24) is 0 Å². The molecule has 0 unspecified atom stereocenters. The number of carbonyl (C=O) groups is 2. The first-order valence-electron chi connectivity index (χ1n) is 8.72. The summed E-state index contributed by atoms with van der Waals surface area (Å²) in [6, 6.07) is 6.89. The summed E-state index contributed by atoms with van der Waals surface area (Å²) in [6.07, 6.45) is 3.09. The number of hydrogen-bond acceptors (Lipinski definition) is 4. The third-order valence-corrected chi connectivity index (χ3v) is 4.83. The van der Waals surface area contributed by atoms with E-state index in [4.69, 9.17) is 10.5 Å². The van der Waals surface area contributed by atoms with Crippen LogP contribution < -0.4 is 11.1 Å². The number of carbonyl (C=O) groups excluding carboxylic acids is 2. The minimum atomic E-state index is -0.382. The molecule has 5 nitrogen and oxygen atoms in total. The number of amides is 1. The summed E-state index contributed by atoms with van der Waals surface area (Å²) in [5, 5.41) is 2.66. The zero-order valence-corrected chi connectivity index (χ0v) is 16.0. The molecule has 25 heavy (non-hydrogen) atoms. The molecular weight excluding hydrogens is 340 g/mol. The molecule has 1 amide bonds. The van der Waals surface area contributed by atoms with Crippen LogP contribution in [0.15, 0.2) is 24.3 Å². The number of halogens is 1. The first-order valence-corrected chi connectivity index (χ1v) is 8.72. The van der Waals surface area contributed by atoms with Crippen molar-refractivity contribution in [3.05, 3.63) is 29.8 Å². The first-order chi connectivity index (χ1) is 11.4. The molecule has 0 heterocycles. The highest BCUT2D eigenvalue weighted by molar-refractivity contribution is 6.01. The SMILES string of the molecule is CC(C)[C@@H]1CC[C@@H](C)C[C@@H]1OC(=O)c1ccccc1NC(=O)CN.Cl. The summed E-state index contributed by atoms with van der Waals surface area (Å²) in [7, 11) is 0. The fourth-order valence-electron chi connectivity index (χ4n) is 3.42. The normalized spacial score (nSPS) is 22.8. The third-order valence-electron chi connectivity index (χ3n) is 4.83. The summed E-state index contributed by atoms with van der Waals surface area (Å²) >= 11 is 0. The van der Waals surface area contributed by atoms with Crippen molar-refractivity contribution in [2.45, 2.75) is 46.1 Å². The van der Waals surface area contributed by atoms with Crippen LogP contribution >= 0.6 is 12.4 Å². The Balaban J connectivity index is 0.00000312. The number of nitrogens with one attached hydrogen (secondary N) is 1. The van der Waals surface area contributed by atoms with Gasteiger partial charge in [-0.15, -0.1) is 12.4 Å². The second-order valence-corrected chi connectivity index (χ2v) is 7.07. The van der Waals surface area contributed by atoms with Crippen molar-refractivity contribution < 1.29 is 14.3 Å². The fourth-order valence-corrected chi connectivity index (χ4v) is 3.42. The molecule has 1 aliphatic carbocycles. The van der Waals surface area contributed by atoms with E-state index < -0.39 is 0 Å². The molecule has 0 spiro atoms. The van der Waals surface area contributed by atoms with E-state index in [2.05, 4.69) is 26.1 Å². The van der Waals surface area contributed by atoms with Crippen molar-refractivity contribution in [2.75, 3.05) is 11.9 Å². The van der Waals surface area contributed by atoms with Gasteiger partial charge in [0.1, 0.15) is 6.10 Å². The quantitative estimate of drug-likeness (QED) is 0.777.